The zero-order valence-corrected chi connectivity index (χ0v) is 20.4. The van der Waals surface area contributed by atoms with Gasteiger partial charge in [0.25, 0.3) is 5.82 Å². The zero-order chi connectivity index (χ0) is 21.7. The molecule has 0 unspecified atom stereocenters. The molecule has 0 N–H and O–H groups in total. The van der Waals surface area contributed by atoms with Gasteiger partial charge in [-0.25, -0.2) is 9.13 Å². The molecule has 0 amide bonds. The van der Waals surface area contributed by atoms with Gasteiger partial charge in [0.1, 0.15) is 12.4 Å². The van der Waals surface area contributed by atoms with Gasteiger partial charge in [0.15, 0.2) is 0 Å². The molecular weight excluding hydrogens is 395 g/mol. The minimum absolute atomic E-state index is 0.209. The van der Waals surface area contributed by atoms with Crippen LogP contribution >= 0.6 is 7.92 Å². The molecule has 0 atom stereocenters. The highest BCUT2D eigenvalue weighted by atomic mass is 31.1. The van der Waals surface area contributed by atoms with E-state index in [2.05, 4.69) is 96.2 Å². The van der Waals surface area contributed by atoms with Crippen LogP contribution in [-0.2, 0) is 13.6 Å². The lowest BCUT2D eigenvalue weighted by Gasteiger charge is -2.18. The second kappa shape index (κ2) is 13.5. The van der Waals surface area contributed by atoms with Crippen LogP contribution in [0.3, 0.4) is 0 Å². The standard InChI is InChI=1S/C28H40N2P/c1-26-29(2)23-24-30(26)22-16-8-6-4-3-5-7-9-17-25-31(27-18-12-10-13-19-27)28-20-14-11-15-21-28/h10-15,18-21,23-24H,3-9,16-17,22,25H2,1-2H3/q+1. The molecule has 0 bridgehead atoms. The number of nitrogens with zero attached hydrogens (tertiary/aromatic N) is 2. The van der Waals surface area contributed by atoms with E-state index in [1.807, 2.05) is 0 Å². The van der Waals surface area contributed by atoms with E-state index < -0.39 is 0 Å². The lowest BCUT2D eigenvalue weighted by Crippen LogP contribution is -2.29. The van der Waals surface area contributed by atoms with Crippen molar-refractivity contribution in [3.8, 4) is 0 Å². The average Bonchev–Trinajstić information content (AvgIpc) is 3.13. The molecule has 2 nitrogen and oxygen atoms in total. The molecule has 3 rings (SSSR count). The molecule has 1 heterocycles. The van der Waals surface area contributed by atoms with Gasteiger partial charge in [-0.05, 0) is 44.0 Å². The van der Waals surface area contributed by atoms with E-state index in [1.54, 1.807) is 0 Å². The third kappa shape index (κ3) is 7.93. The van der Waals surface area contributed by atoms with Crippen molar-refractivity contribution in [3.63, 3.8) is 0 Å². The minimum Gasteiger partial charge on any atom is -0.237 e. The smallest absolute Gasteiger partial charge is 0.237 e. The van der Waals surface area contributed by atoms with Gasteiger partial charge < -0.3 is 0 Å². The lowest BCUT2D eigenvalue weighted by atomic mass is 10.1. The first kappa shape index (κ1) is 23.7. The van der Waals surface area contributed by atoms with Crippen molar-refractivity contribution in [2.24, 2.45) is 7.05 Å². The third-order valence-corrected chi connectivity index (χ3v) is 8.92. The molecule has 3 aromatic rings. The van der Waals surface area contributed by atoms with E-state index in [0.29, 0.717) is 0 Å². The number of unbranched alkanes of at least 4 members (excludes halogenated alkanes) is 8. The summed E-state index contributed by atoms with van der Waals surface area (Å²) < 4.78 is 4.57. The number of hydrogen-bond acceptors (Lipinski definition) is 0. The number of imidazole rings is 1. The van der Waals surface area contributed by atoms with Gasteiger partial charge in [-0.1, -0.05) is 99.2 Å². The number of hydrogen-bond donors (Lipinski definition) is 0. The Morgan fingerprint density at radius 2 is 1.16 bits per heavy atom. The fourth-order valence-corrected chi connectivity index (χ4v) is 6.67. The first-order valence-corrected chi connectivity index (χ1v) is 13.7. The monoisotopic (exact) mass is 435 g/mol. The Bertz CT molecular complexity index is 818. The second-order valence-electron chi connectivity index (χ2n) is 8.65. The molecule has 3 heteroatoms. The molecule has 0 aliphatic heterocycles. The summed E-state index contributed by atoms with van der Waals surface area (Å²) in [6, 6.07) is 22.3. The summed E-state index contributed by atoms with van der Waals surface area (Å²) in [7, 11) is 1.91. The fourth-order valence-electron chi connectivity index (χ4n) is 4.25. The van der Waals surface area contributed by atoms with Crippen molar-refractivity contribution < 1.29 is 4.57 Å². The Hall–Kier alpha value is -1.92. The van der Waals surface area contributed by atoms with E-state index in [1.165, 1.54) is 86.9 Å². The molecule has 0 fully saturated rings. The molecular formula is C28H40N2P+. The highest BCUT2D eigenvalue weighted by Crippen LogP contribution is 2.34. The van der Waals surface area contributed by atoms with Crippen LogP contribution in [0.15, 0.2) is 73.1 Å². The number of aromatic nitrogens is 2. The highest BCUT2D eigenvalue weighted by Gasteiger charge is 2.12. The molecule has 0 saturated carbocycles. The molecule has 1 aromatic heterocycles. The van der Waals surface area contributed by atoms with Gasteiger partial charge in [0.05, 0.1) is 13.6 Å². The Morgan fingerprint density at radius 1 is 0.677 bits per heavy atom. The molecule has 0 radical (unpaired) electrons. The maximum atomic E-state index is 2.37. The van der Waals surface area contributed by atoms with E-state index in [-0.39, 0.29) is 7.92 Å². The average molecular weight is 436 g/mol. The van der Waals surface area contributed by atoms with Crippen LogP contribution in [0.4, 0.5) is 0 Å². The first-order chi connectivity index (χ1) is 15.3. The molecule has 0 aliphatic rings. The molecule has 166 valence electrons. The minimum atomic E-state index is -0.209. The van der Waals surface area contributed by atoms with Crippen LogP contribution in [0.2, 0.25) is 0 Å². The van der Waals surface area contributed by atoms with Gasteiger partial charge in [0.2, 0.25) is 0 Å². The van der Waals surface area contributed by atoms with Crippen LogP contribution in [-0.4, -0.2) is 10.7 Å². The molecule has 31 heavy (non-hydrogen) atoms. The van der Waals surface area contributed by atoms with Crippen molar-refractivity contribution in [2.45, 2.75) is 71.3 Å². The number of aryl methyl sites for hydroxylation is 2. The summed E-state index contributed by atoms with van der Waals surface area (Å²) in [5.74, 6) is 1.35. The van der Waals surface area contributed by atoms with Crippen LogP contribution in [0.1, 0.15) is 63.6 Å². The predicted molar refractivity (Wildman–Crippen MR) is 136 cm³/mol. The fraction of sp³-hybridized carbons (Fsp3) is 0.464. The Balaban J connectivity index is 1.25. The van der Waals surface area contributed by atoms with Gasteiger partial charge in [-0.2, -0.15) is 0 Å². The number of rotatable bonds is 14. The lowest BCUT2D eigenvalue weighted by molar-refractivity contribution is -0.677. The molecule has 0 spiro atoms. The summed E-state index contributed by atoms with van der Waals surface area (Å²) in [5, 5.41) is 3.04. The van der Waals surface area contributed by atoms with Crippen molar-refractivity contribution in [3.05, 3.63) is 78.9 Å². The summed E-state index contributed by atoms with van der Waals surface area (Å²) >= 11 is 0. The largest absolute Gasteiger partial charge is 0.253 e. The summed E-state index contributed by atoms with van der Waals surface area (Å²) in [4.78, 5) is 0. The van der Waals surface area contributed by atoms with Crippen LogP contribution in [0.5, 0.6) is 0 Å². The molecule has 0 aliphatic carbocycles. The van der Waals surface area contributed by atoms with E-state index in [0.717, 1.165) is 0 Å². The highest BCUT2D eigenvalue weighted by molar-refractivity contribution is 7.73. The summed E-state index contributed by atoms with van der Waals surface area (Å²) in [6.45, 7) is 3.36. The maximum absolute atomic E-state index is 2.37. The Kier molecular flexibility index (Phi) is 10.3. The van der Waals surface area contributed by atoms with Crippen LogP contribution < -0.4 is 15.2 Å². The number of benzene rings is 2. The van der Waals surface area contributed by atoms with Crippen LogP contribution in [0, 0.1) is 6.92 Å². The van der Waals surface area contributed by atoms with E-state index in [4.69, 9.17) is 0 Å². The summed E-state index contributed by atoms with van der Waals surface area (Å²) in [6.07, 6.45) is 18.1. The van der Waals surface area contributed by atoms with Crippen molar-refractivity contribution in [1.82, 2.24) is 4.57 Å². The van der Waals surface area contributed by atoms with Gasteiger partial charge in [0, 0.05) is 6.92 Å². The first-order valence-electron chi connectivity index (χ1n) is 12.1. The van der Waals surface area contributed by atoms with Gasteiger partial charge in [-0.3, -0.25) is 0 Å². The van der Waals surface area contributed by atoms with Crippen molar-refractivity contribution >= 4 is 18.5 Å². The second-order valence-corrected chi connectivity index (χ2v) is 11.0. The Morgan fingerprint density at radius 3 is 1.65 bits per heavy atom. The van der Waals surface area contributed by atoms with Gasteiger partial charge in [-0.15, -0.1) is 0 Å². The van der Waals surface area contributed by atoms with Crippen LogP contribution in [0.25, 0.3) is 0 Å². The Labute approximate surface area is 191 Å². The quantitative estimate of drug-likeness (QED) is 0.160. The zero-order valence-electron chi connectivity index (χ0n) is 19.5. The van der Waals surface area contributed by atoms with Crippen molar-refractivity contribution in [1.29, 1.82) is 0 Å². The maximum Gasteiger partial charge on any atom is 0.253 e. The normalized spacial score (nSPS) is 11.3. The van der Waals surface area contributed by atoms with E-state index >= 15 is 0 Å². The molecule has 0 saturated heterocycles. The van der Waals surface area contributed by atoms with Crippen molar-refractivity contribution in [2.75, 3.05) is 6.16 Å². The topological polar surface area (TPSA) is 8.81 Å². The third-order valence-electron chi connectivity index (χ3n) is 6.31. The molecule has 2 aromatic carbocycles. The van der Waals surface area contributed by atoms with Gasteiger partial charge >= 0.3 is 0 Å². The predicted octanol–water partition coefficient (Wildman–Crippen LogP) is 6.26. The van der Waals surface area contributed by atoms with E-state index in [9.17, 15) is 0 Å². The summed E-state index contributed by atoms with van der Waals surface area (Å²) in [5.41, 5.74) is 0. The SMILES string of the molecule is Cc1n(CCCCCCCCCCCP(c2ccccc2)c2ccccc2)cc[n+]1C.